The highest BCUT2D eigenvalue weighted by Crippen LogP contribution is 2.35. The molecule has 11 nitrogen and oxygen atoms in total. The van der Waals surface area contributed by atoms with Gasteiger partial charge in [-0.2, -0.15) is 0 Å². The smallest absolute Gasteiger partial charge is 0.469 e. The summed E-state index contributed by atoms with van der Waals surface area (Å²) in [5.41, 5.74) is 6.53. The Morgan fingerprint density at radius 1 is 1.10 bits per heavy atom. The lowest BCUT2D eigenvalue weighted by atomic mass is 10.1. The van der Waals surface area contributed by atoms with E-state index in [2.05, 4.69) is 15.2 Å². The minimum Gasteiger partial charge on any atom is -0.480 e. The number of nitrogens with one attached hydrogen (secondary N) is 2. The van der Waals surface area contributed by atoms with Crippen LogP contribution in [0.4, 0.5) is 0 Å². The van der Waals surface area contributed by atoms with E-state index in [-0.39, 0.29) is 19.4 Å². The van der Waals surface area contributed by atoms with Gasteiger partial charge in [0.05, 0.1) is 6.61 Å². The normalized spacial score (nSPS) is 13.3. The number of rotatable bonds is 13. The zero-order valence-electron chi connectivity index (χ0n) is 15.7. The standard InChI is InChI=1S/C17H26N3O8P/c18-10-9-13(16(22)20-14(17(23)24)11-28-29(25,26)27)19-15(21)8-4-7-12-5-2-1-3-6-12/h1-3,5-6,13-14H,4,7-11,18H2,(H,19,21)(H,20,22)(H,23,24)(H2,25,26,27)/t13-,14-/m0/s1. The average Bonchev–Trinajstić information content (AvgIpc) is 2.64. The minimum absolute atomic E-state index is 0.0547. The third-order valence-electron chi connectivity index (χ3n) is 3.84. The first kappa shape index (κ1) is 24.7. The third kappa shape index (κ3) is 10.7. The summed E-state index contributed by atoms with van der Waals surface area (Å²) in [6, 6.07) is 6.77. The van der Waals surface area contributed by atoms with Crippen molar-refractivity contribution < 1.29 is 38.4 Å². The highest BCUT2D eigenvalue weighted by molar-refractivity contribution is 7.46. The summed E-state index contributed by atoms with van der Waals surface area (Å²) in [4.78, 5) is 52.9. The topological polar surface area (TPSA) is 188 Å². The summed E-state index contributed by atoms with van der Waals surface area (Å²) >= 11 is 0. The van der Waals surface area contributed by atoms with Crippen molar-refractivity contribution >= 4 is 25.6 Å². The number of aryl methyl sites for hydroxylation is 1. The Kier molecular flexibility index (Phi) is 10.5. The van der Waals surface area contributed by atoms with E-state index in [0.29, 0.717) is 12.8 Å². The first-order valence-electron chi connectivity index (χ1n) is 8.89. The van der Waals surface area contributed by atoms with E-state index < -0.39 is 44.3 Å². The zero-order valence-corrected chi connectivity index (χ0v) is 16.6. The lowest BCUT2D eigenvalue weighted by Crippen LogP contribution is -2.53. The molecule has 29 heavy (non-hydrogen) atoms. The number of phosphoric acid groups is 1. The van der Waals surface area contributed by atoms with Crippen LogP contribution in [0.5, 0.6) is 0 Å². The molecule has 0 radical (unpaired) electrons. The van der Waals surface area contributed by atoms with Crippen molar-refractivity contribution in [1.82, 2.24) is 10.6 Å². The van der Waals surface area contributed by atoms with Gasteiger partial charge in [-0.05, 0) is 31.4 Å². The van der Waals surface area contributed by atoms with Gasteiger partial charge in [0.25, 0.3) is 0 Å². The Morgan fingerprint density at radius 2 is 1.76 bits per heavy atom. The summed E-state index contributed by atoms with van der Waals surface area (Å²) in [5.74, 6) is -2.78. The summed E-state index contributed by atoms with van der Waals surface area (Å²) in [6.45, 7) is -0.884. The number of carboxylic acids is 1. The molecule has 0 fully saturated rings. The summed E-state index contributed by atoms with van der Waals surface area (Å²) in [5, 5.41) is 13.7. The molecule has 0 aliphatic heterocycles. The Bertz CT molecular complexity index is 725. The van der Waals surface area contributed by atoms with Crippen LogP contribution in [-0.2, 0) is 29.9 Å². The minimum atomic E-state index is -4.90. The molecule has 0 saturated carbocycles. The van der Waals surface area contributed by atoms with E-state index in [1.165, 1.54) is 0 Å². The maximum absolute atomic E-state index is 12.3. The molecule has 162 valence electrons. The van der Waals surface area contributed by atoms with E-state index in [1.54, 1.807) is 0 Å². The lowest BCUT2D eigenvalue weighted by Gasteiger charge is -2.21. The molecule has 2 atom stereocenters. The summed E-state index contributed by atoms with van der Waals surface area (Å²) in [7, 11) is -4.90. The van der Waals surface area contributed by atoms with Crippen LogP contribution in [0.1, 0.15) is 24.8 Å². The largest absolute Gasteiger partial charge is 0.480 e. The molecule has 2 amide bonds. The Morgan fingerprint density at radius 3 is 2.31 bits per heavy atom. The van der Waals surface area contributed by atoms with Gasteiger partial charge in [-0.25, -0.2) is 9.36 Å². The van der Waals surface area contributed by atoms with Crippen LogP contribution in [-0.4, -0.2) is 57.9 Å². The second-order valence-corrected chi connectivity index (χ2v) is 7.46. The summed E-state index contributed by atoms with van der Waals surface area (Å²) < 4.78 is 14.9. The molecule has 1 aromatic rings. The monoisotopic (exact) mass is 431 g/mol. The number of nitrogens with two attached hydrogens (primary N) is 1. The van der Waals surface area contributed by atoms with Crippen molar-refractivity contribution in [3.05, 3.63) is 35.9 Å². The van der Waals surface area contributed by atoms with Crippen LogP contribution in [0, 0.1) is 0 Å². The quantitative estimate of drug-likeness (QED) is 0.224. The molecule has 0 saturated heterocycles. The second-order valence-electron chi connectivity index (χ2n) is 6.22. The molecular formula is C17H26N3O8P. The molecule has 0 aromatic heterocycles. The van der Waals surface area contributed by atoms with Crippen molar-refractivity contribution in [2.24, 2.45) is 5.73 Å². The molecule has 1 aromatic carbocycles. The molecule has 7 N–H and O–H groups in total. The number of amides is 2. The molecule has 0 aliphatic rings. The van der Waals surface area contributed by atoms with Gasteiger partial charge >= 0.3 is 13.8 Å². The average molecular weight is 431 g/mol. The summed E-state index contributed by atoms with van der Waals surface area (Å²) in [6.07, 6.45) is 1.46. The Hall–Kier alpha value is -2.30. The first-order valence-corrected chi connectivity index (χ1v) is 10.4. The van der Waals surface area contributed by atoms with Crippen LogP contribution < -0.4 is 16.4 Å². The highest BCUT2D eigenvalue weighted by atomic mass is 31.2. The molecule has 0 spiro atoms. The van der Waals surface area contributed by atoms with Gasteiger partial charge in [0.1, 0.15) is 6.04 Å². The molecule has 12 heteroatoms. The first-order chi connectivity index (χ1) is 13.6. The highest BCUT2D eigenvalue weighted by Gasteiger charge is 2.28. The van der Waals surface area contributed by atoms with Crippen molar-refractivity contribution in [3.63, 3.8) is 0 Å². The SMILES string of the molecule is NCC[C@H](NC(=O)CCCc1ccccc1)C(=O)N[C@@H](COP(=O)(O)O)C(=O)O. The predicted octanol–water partition coefficient (Wildman–Crippen LogP) is -0.478. The zero-order chi connectivity index (χ0) is 21.9. The molecule has 1 rings (SSSR count). The van der Waals surface area contributed by atoms with Crippen molar-refractivity contribution in [2.45, 2.75) is 37.8 Å². The van der Waals surface area contributed by atoms with Crippen LogP contribution in [0.25, 0.3) is 0 Å². The lowest BCUT2D eigenvalue weighted by molar-refractivity contribution is -0.143. The number of benzene rings is 1. The van der Waals surface area contributed by atoms with E-state index in [1.807, 2.05) is 30.3 Å². The maximum atomic E-state index is 12.3. The Balaban J connectivity index is 2.57. The van der Waals surface area contributed by atoms with Crippen LogP contribution in [0.15, 0.2) is 30.3 Å². The van der Waals surface area contributed by atoms with Gasteiger partial charge < -0.3 is 31.3 Å². The van der Waals surface area contributed by atoms with Gasteiger partial charge in [0.15, 0.2) is 6.04 Å². The Labute approximate surface area is 167 Å². The van der Waals surface area contributed by atoms with Gasteiger partial charge in [0, 0.05) is 6.42 Å². The molecule has 0 aliphatic carbocycles. The molecule has 0 bridgehead atoms. The van der Waals surface area contributed by atoms with Crippen molar-refractivity contribution in [1.29, 1.82) is 0 Å². The molecule has 0 unspecified atom stereocenters. The van der Waals surface area contributed by atoms with Gasteiger partial charge in [-0.1, -0.05) is 30.3 Å². The van der Waals surface area contributed by atoms with Crippen LogP contribution in [0.3, 0.4) is 0 Å². The molecule has 0 heterocycles. The van der Waals surface area contributed by atoms with Crippen molar-refractivity contribution in [3.8, 4) is 0 Å². The van der Waals surface area contributed by atoms with E-state index in [9.17, 15) is 18.9 Å². The van der Waals surface area contributed by atoms with E-state index >= 15 is 0 Å². The second kappa shape index (κ2) is 12.3. The van der Waals surface area contributed by atoms with E-state index in [4.69, 9.17) is 20.6 Å². The predicted molar refractivity (Wildman–Crippen MR) is 103 cm³/mol. The van der Waals surface area contributed by atoms with E-state index in [0.717, 1.165) is 5.56 Å². The molecular weight excluding hydrogens is 405 g/mol. The van der Waals surface area contributed by atoms with Crippen LogP contribution >= 0.6 is 7.82 Å². The number of phosphoric ester groups is 1. The fourth-order valence-corrected chi connectivity index (χ4v) is 2.76. The van der Waals surface area contributed by atoms with Crippen LogP contribution in [0.2, 0.25) is 0 Å². The van der Waals surface area contributed by atoms with Gasteiger partial charge in [-0.15, -0.1) is 0 Å². The number of aliphatic carboxylic acids is 1. The number of hydrogen-bond donors (Lipinski definition) is 6. The van der Waals surface area contributed by atoms with Gasteiger partial charge in [-0.3, -0.25) is 14.1 Å². The maximum Gasteiger partial charge on any atom is 0.469 e. The number of carboxylic acid groups (broad SMARTS) is 1. The van der Waals surface area contributed by atoms with Crippen molar-refractivity contribution in [2.75, 3.05) is 13.2 Å². The third-order valence-corrected chi connectivity index (χ3v) is 4.33. The number of carbonyl (C=O) groups is 3. The fraction of sp³-hybridized carbons (Fsp3) is 0.471. The fourth-order valence-electron chi connectivity index (χ4n) is 2.42. The number of carbonyl (C=O) groups excluding carboxylic acids is 2. The van der Waals surface area contributed by atoms with Gasteiger partial charge in [0.2, 0.25) is 11.8 Å². The number of hydrogen-bond acceptors (Lipinski definition) is 6.